The number of nitrogens with one attached hydrogen (secondary N) is 2. The van der Waals surface area contributed by atoms with Crippen molar-refractivity contribution in [1.29, 1.82) is 0 Å². The van der Waals surface area contributed by atoms with Gasteiger partial charge in [0.05, 0.1) is 11.8 Å². The maximum Gasteiger partial charge on any atom is 0.224 e. The predicted molar refractivity (Wildman–Crippen MR) is 88.6 cm³/mol. The normalized spacial score (nSPS) is 10.8. The first kappa shape index (κ1) is 16.2. The van der Waals surface area contributed by atoms with Crippen LogP contribution in [0, 0.1) is 5.92 Å². The van der Waals surface area contributed by atoms with E-state index in [0.717, 1.165) is 4.70 Å². The molecule has 0 saturated carbocycles. The van der Waals surface area contributed by atoms with Gasteiger partial charge in [-0.1, -0.05) is 25.2 Å². The number of anilines is 2. The number of fused-ring (bicyclic) bond motifs is 1. The molecule has 1 aromatic carbocycles. The molecule has 2 N–H and O–H groups in total. The minimum Gasteiger partial charge on any atom is -0.494 e. The highest BCUT2D eigenvalue weighted by Crippen LogP contribution is 2.35. The van der Waals surface area contributed by atoms with Crippen LogP contribution in [0.2, 0.25) is 0 Å². The lowest BCUT2D eigenvalue weighted by Crippen LogP contribution is -2.13. The standard InChI is InChI=1S/C15H19N3O3S/c1-8(2)5-13(20)17-10-6-11(21-4)14-12(7-10)22-15(18-14)16-9(3)19/h6-8H,5H2,1-4H3,(H,17,20)(H,16,18,19). The molecule has 0 bridgehead atoms. The van der Waals surface area contributed by atoms with Crippen molar-refractivity contribution >= 4 is 44.2 Å². The third kappa shape index (κ3) is 3.94. The average molecular weight is 321 g/mol. The van der Waals surface area contributed by atoms with E-state index in [4.69, 9.17) is 4.74 Å². The number of benzene rings is 1. The Morgan fingerprint density at radius 2 is 2.05 bits per heavy atom. The van der Waals surface area contributed by atoms with Crippen LogP contribution >= 0.6 is 11.3 Å². The molecule has 0 spiro atoms. The quantitative estimate of drug-likeness (QED) is 0.886. The lowest BCUT2D eigenvalue weighted by molar-refractivity contribution is -0.117. The van der Waals surface area contributed by atoms with Gasteiger partial charge in [0.15, 0.2) is 5.13 Å². The van der Waals surface area contributed by atoms with Crippen LogP contribution < -0.4 is 15.4 Å². The number of carbonyl (C=O) groups is 2. The second-order valence-corrected chi connectivity index (χ2v) is 6.40. The highest BCUT2D eigenvalue weighted by atomic mass is 32.1. The van der Waals surface area contributed by atoms with Crippen LogP contribution in [-0.2, 0) is 9.59 Å². The largest absolute Gasteiger partial charge is 0.494 e. The summed E-state index contributed by atoms with van der Waals surface area (Å²) >= 11 is 1.34. The van der Waals surface area contributed by atoms with Crippen molar-refractivity contribution in [3.05, 3.63) is 12.1 Å². The molecule has 0 unspecified atom stereocenters. The Hall–Kier alpha value is -2.15. The van der Waals surface area contributed by atoms with Crippen LogP contribution in [0.1, 0.15) is 27.2 Å². The second-order valence-electron chi connectivity index (χ2n) is 5.37. The van der Waals surface area contributed by atoms with Gasteiger partial charge in [0, 0.05) is 25.1 Å². The van der Waals surface area contributed by atoms with Gasteiger partial charge >= 0.3 is 0 Å². The van der Waals surface area contributed by atoms with Gasteiger partial charge in [-0.3, -0.25) is 9.59 Å². The minimum atomic E-state index is -0.177. The highest BCUT2D eigenvalue weighted by molar-refractivity contribution is 7.22. The molecule has 0 fully saturated rings. The van der Waals surface area contributed by atoms with E-state index in [-0.39, 0.29) is 11.8 Å². The zero-order valence-corrected chi connectivity index (χ0v) is 13.8. The summed E-state index contributed by atoms with van der Waals surface area (Å²) in [5, 5.41) is 6.03. The average Bonchev–Trinajstić information content (AvgIpc) is 2.77. The molecular formula is C15H19N3O3S. The maximum absolute atomic E-state index is 11.9. The molecule has 22 heavy (non-hydrogen) atoms. The van der Waals surface area contributed by atoms with Crippen molar-refractivity contribution in [2.24, 2.45) is 5.92 Å². The van der Waals surface area contributed by atoms with Crippen molar-refractivity contribution in [3.8, 4) is 5.75 Å². The van der Waals surface area contributed by atoms with E-state index < -0.39 is 0 Å². The predicted octanol–water partition coefficient (Wildman–Crippen LogP) is 3.25. The van der Waals surface area contributed by atoms with E-state index in [1.54, 1.807) is 13.2 Å². The van der Waals surface area contributed by atoms with Crippen LogP contribution in [0.3, 0.4) is 0 Å². The first-order chi connectivity index (χ1) is 10.4. The van der Waals surface area contributed by atoms with Crippen LogP contribution in [0.4, 0.5) is 10.8 Å². The number of aromatic nitrogens is 1. The number of amides is 2. The SMILES string of the molecule is COc1cc(NC(=O)CC(C)C)cc2sc(NC(C)=O)nc12. The van der Waals surface area contributed by atoms with Gasteiger partial charge in [-0.15, -0.1) is 0 Å². The number of ether oxygens (including phenoxy) is 1. The summed E-state index contributed by atoms with van der Waals surface area (Å²) in [6.45, 7) is 5.42. The zero-order chi connectivity index (χ0) is 16.3. The number of carbonyl (C=O) groups excluding carboxylic acids is 2. The molecule has 1 aromatic heterocycles. The Labute approximate surface area is 132 Å². The third-order valence-corrected chi connectivity index (χ3v) is 3.76. The molecule has 0 aliphatic rings. The number of rotatable bonds is 5. The van der Waals surface area contributed by atoms with Gasteiger partial charge in [0.2, 0.25) is 11.8 Å². The van der Waals surface area contributed by atoms with E-state index in [1.807, 2.05) is 19.9 Å². The summed E-state index contributed by atoms with van der Waals surface area (Å²) in [6.07, 6.45) is 0.459. The second kappa shape index (κ2) is 6.74. The van der Waals surface area contributed by atoms with E-state index >= 15 is 0 Å². The van der Waals surface area contributed by atoms with Gasteiger partial charge in [-0.05, 0) is 12.0 Å². The van der Waals surface area contributed by atoms with Gasteiger partial charge in [-0.2, -0.15) is 0 Å². The summed E-state index contributed by atoms with van der Waals surface area (Å²) in [7, 11) is 1.55. The number of hydrogen-bond donors (Lipinski definition) is 2. The summed E-state index contributed by atoms with van der Waals surface area (Å²) in [4.78, 5) is 27.4. The Morgan fingerprint density at radius 3 is 2.64 bits per heavy atom. The monoisotopic (exact) mass is 321 g/mol. The van der Waals surface area contributed by atoms with Crippen LogP contribution in [0.15, 0.2) is 12.1 Å². The Kier molecular flexibility index (Phi) is 4.97. The molecule has 1 heterocycles. The number of hydrogen-bond acceptors (Lipinski definition) is 5. The Morgan fingerprint density at radius 1 is 1.32 bits per heavy atom. The van der Waals surface area contributed by atoms with Crippen molar-refractivity contribution in [3.63, 3.8) is 0 Å². The first-order valence-electron chi connectivity index (χ1n) is 6.95. The molecule has 0 atom stereocenters. The van der Waals surface area contributed by atoms with E-state index in [2.05, 4.69) is 15.6 Å². The van der Waals surface area contributed by atoms with Gasteiger partial charge in [0.25, 0.3) is 0 Å². The smallest absolute Gasteiger partial charge is 0.224 e. The topological polar surface area (TPSA) is 80.3 Å². The van der Waals surface area contributed by atoms with Crippen LogP contribution in [-0.4, -0.2) is 23.9 Å². The van der Waals surface area contributed by atoms with Crippen molar-refractivity contribution in [2.75, 3.05) is 17.7 Å². The van der Waals surface area contributed by atoms with Crippen LogP contribution in [0.5, 0.6) is 5.75 Å². The number of methoxy groups -OCH3 is 1. The van der Waals surface area contributed by atoms with Crippen LogP contribution in [0.25, 0.3) is 10.2 Å². The molecular weight excluding hydrogens is 302 g/mol. The number of thiazole rings is 1. The summed E-state index contributed by atoms with van der Waals surface area (Å²) in [6, 6.07) is 3.57. The maximum atomic E-state index is 11.9. The molecule has 2 aromatic rings. The fourth-order valence-corrected chi connectivity index (χ4v) is 2.98. The molecule has 0 saturated heterocycles. The fourth-order valence-electron chi connectivity index (χ4n) is 2.01. The van der Waals surface area contributed by atoms with Gasteiger partial charge < -0.3 is 15.4 Å². The molecule has 2 rings (SSSR count). The van der Waals surface area contributed by atoms with E-state index in [1.165, 1.54) is 18.3 Å². The first-order valence-corrected chi connectivity index (χ1v) is 7.76. The fraction of sp³-hybridized carbons (Fsp3) is 0.400. The Balaban J connectivity index is 2.33. The van der Waals surface area contributed by atoms with E-state index in [0.29, 0.717) is 34.4 Å². The summed E-state index contributed by atoms with van der Waals surface area (Å²) < 4.78 is 6.17. The molecule has 6 nitrogen and oxygen atoms in total. The van der Waals surface area contributed by atoms with E-state index in [9.17, 15) is 9.59 Å². The number of nitrogens with zero attached hydrogens (tertiary/aromatic N) is 1. The summed E-state index contributed by atoms with van der Waals surface area (Å²) in [5.74, 6) is 0.636. The molecule has 0 aliphatic heterocycles. The van der Waals surface area contributed by atoms with Crippen molar-refractivity contribution in [1.82, 2.24) is 4.98 Å². The van der Waals surface area contributed by atoms with Crippen molar-refractivity contribution in [2.45, 2.75) is 27.2 Å². The third-order valence-electron chi connectivity index (χ3n) is 2.84. The lowest BCUT2D eigenvalue weighted by atomic mass is 10.1. The summed E-state index contributed by atoms with van der Waals surface area (Å²) in [5.41, 5.74) is 1.33. The van der Waals surface area contributed by atoms with Gasteiger partial charge in [-0.25, -0.2) is 4.98 Å². The molecule has 118 valence electrons. The molecule has 2 amide bonds. The minimum absolute atomic E-state index is 0.0389. The molecule has 0 aliphatic carbocycles. The Bertz CT molecular complexity index is 709. The van der Waals surface area contributed by atoms with Crippen molar-refractivity contribution < 1.29 is 14.3 Å². The lowest BCUT2D eigenvalue weighted by Gasteiger charge is -2.09. The molecule has 7 heteroatoms. The zero-order valence-electron chi connectivity index (χ0n) is 13.0. The van der Waals surface area contributed by atoms with Gasteiger partial charge in [0.1, 0.15) is 11.3 Å². The highest BCUT2D eigenvalue weighted by Gasteiger charge is 2.13. The molecule has 0 radical (unpaired) electrons.